The van der Waals surface area contributed by atoms with E-state index in [1.807, 2.05) is 12.1 Å². The molecule has 2 heterocycles. The predicted molar refractivity (Wildman–Crippen MR) is 127 cm³/mol. The van der Waals surface area contributed by atoms with Crippen LogP contribution in [0.15, 0.2) is 90.1 Å². The maximum atomic E-state index is 5.95. The maximum absolute atomic E-state index is 5.95. The van der Waals surface area contributed by atoms with Gasteiger partial charge < -0.3 is 4.84 Å². The van der Waals surface area contributed by atoms with E-state index in [0.29, 0.717) is 0 Å². The smallest absolute Gasteiger partial charge is 0.143 e. The third-order valence-electron chi connectivity index (χ3n) is 6.32. The van der Waals surface area contributed by atoms with Crippen molar-refractivity contribution in [3.05, 3.63) is 102 Å². The molecule has 1 aliphatic heterocycles. The first-order valence-electron chi connectivity index (χ1n) is 10.8. The monoisotopic (exact) mass is 406 g/mol. The molecule has 0 fully saturated rings. The number of hydrogen-bond acceptors (Lipinski definition) is 3. The number of rotatable bonds is 4. The minimum absolute atomic E-state index is 0.0515. The average molecular weight is 407 g/mol. The van der Waals surface area contributed by atoms with Gasteiger partial charge in [-0.05, 0) is 35.7 Å². The van der Waals surface area contributed by atoms with E-state index in [-0.39, 0.29) is 11.5 Å². The zero-order chi connectivity index (χ0) is 21.4. The number of aromatic nitrogens is 1. The lowest BCUT2D eigenvalue weighted by Gasteiger charge is -2.26. The summed E-state index contributed by atoms with van der Waals surface area (Å²) >= 11 is 0. The van der Waals surface area contributed by atoms with Gasteiger partial charge in [-0.3, -0.25) is 4.98 Å². The van der Waals surface area contributed by atoms with Crippen molar-refractivity contribution in [1.82, 2.24) is 4.98 Å². The van der Waals surface area contributed by atoms with Crippen molar-refractivity contribution in [2.45, 2.75) is 33.3 Å². The van der Waals surface area contributed by atoms with E-state index in [0.717, 1.165) is 28.9 Å². The van der Waals surface area contributed by atoms with Gasteiger partial charge in [-0.15, -0.1) is 0 Å². The molecule has 1 unspecified atom stereocenters. The Morgan fingerprint density at radius 2 is 1.45 bits per heavy atom. The molecule has 0 bridgehead atoms. The summed E-state index contributed by atoms with van der Waals surface area (Å²) < 4.78 is 0. The Balaban J connectivity index is 1.38. The van der Waals surface area contributed by atoms with Crippen LogP contribution >= 0.6 is 0 Å². The summed E-state index contributed by atoms with van der Waals surface area (Å²) in [6.45, 7) is 6.56. The first kappa shape index (κ1) is 19.5. The SMILES string of the molecule is Cc1cc(CC2ON=C(c3ccc(-c4ccccc4)cc3)C2(C)C)nc2ccccc12. The zero-order valence-corrected chi connectivity index (χ0v) is 18.2. The number of hydrogen-bond donors (Lipinski definition) is 0. The van der Waals surface area contributed by atoms with Gasteiger partial charge in [-0.1, -0.05) is 91.8 Å². The van der Waals surface area contributed by atoms with Crippen molar-refractivity contribution < 1.29 is 4.84 Å². The fourth-order valence-electron chi connectivity index (χ4n) is 4.40. The second kappa shape index (κ2) is 7.66. The highest BCUT2D eigenvalue weighted by Gasteiger charge is 2.42. The highest BCUT2D eigenvalue weighted by molar-refractivity contribution is 6.05. The molecule has 0 amide bonds. The molecule has 1 aromatic heterocycles. The van der Waals surface area contributed by atoms with Crippen molar-refractivity contribution >= 4 is 16.6 Å². The predicted octanol–water partition coefficient (Wildman–Crippen LogP) is 6.58. The minimum Gasteiger partial charge on any atom is -0.391 e. The Hall–Kier alpha value is -3.46. The van der Waals surface area contributed by atoms with Crippen LogP contribution in [-0.4, -0.2) is 16.8 Å². The zero-order valence-electron chi connectivity index (χ0n) is 18.2. The molecule has 4 aromatic rings. The van der Waals surface area contributed by atoms with E-state index < -0.39 is 0 Å². The number of aryl methyl sites for hydroxylation is 1. The van der Waals surface area contributed by atoms with Crippen LogP contribution < -0.4 is 0 Å². The Bertz CT molecular complexity index is 1260. The maximum Gasteiger partial charge on any atom is 0.143 e. The molecule has 1 atom stereocenters. The molecule has 154 valence electrons. The highest BCUT2D eigenvalue weighted by Crippen LogP contribution is 2.37. The van der Waals surface area contributed by atoms with Gasteiger partial charge in [0.2, 0.25) is 0 Å². The number of nitrogens with zero attached hydrogens (tertiary/aromatic N) is 2. The number of pyridine rings is 1. The highest BCUT2D eigenvalue weighted by atomic mass is 16.6. The lowest BCUT2D eigenvalue weighted by molar-refractivity contribution is 0.0365. The lowest BCUT2D eigenvalue weighted by Crippen LogP contribution is -2.35. The summed E-state index contributed by atoms with van der Waals surface area (Å²) in [5.74, 6) is 0. The molecule has 0 saturated heterocycles. The minimum atomic E-state index is -0.213. The standard InChI is InChI=1S/C28H26N2O/c1-19-17-23(29-25-12-8-7-11-24(19)25)18-26-28(2,3)27(30-31-26)22-15-13-21(14-16-22)20-9-5-4-6-10-20/h4-17,26H,18H2,1-3H3. The summed E-state index contributed by atoms with van der Waals surface area (Å²) in [7, 11) is 0. The fraction of sp³-hybridized carbons (Fsp3) is 0.214. The van der Waals surface area contributed by atoms with Crippen LogP contribution in [0, 0.1) is 12.3 Å². The molecule has 3 nitrogen and oxygen atoms in total. The quantitative estimate of drug-likeness (QED) is 0.383. The van der Waals surface area contributed by atoms with Crippen LogP contribution in [0.4, 0.5) is 0 Å². The van der Waals surface area contributed by atoms with E-state index in [1.54, 1.807) is 0 Å². The van der Waals surface area contributed by atoms with Crippen LogP contribution in [0.3, 0.4) is 0 Å². The second-order valence-electron chi connectivity index (χ2n) is 8.85. The molecule has 1 aliphatic rings. The van der Waals surface area contributed by atoms with Gasteiger partial charge in [0.25, 0.3) is 0 Å². The third kappa shape index (κ3) is 3.61. The van der Waals surface area contributed by atoms with Gasteiger partial charge >= 0.3 is 0 Å². The van der Waals surface area contributed by atoms with E-state index in [4.69, 9.17) is 9.82 Å². The topological polar surface area (TPSA) is 34.5 Å². The summed E-state index contributed by atoms with van der Waals surface area (Å²) in [6, 6.07) is 29.5. The van der Waals surface area contributed by atoms with E-state index in [1.165, 1.54) is 22.1 Å². The van der Waals surface area contributed by atoms with E-state index in [2.05, 4.69) is 98.7 Å². The molecule has 0 spiro atoms. The van der Waals surface area contributed by atoms with Crippen molar-refractivity contribution in [1.29, 1.82) is 0 Å². The van der Waals surface area contributed by atoms with Crippen molar-refractivity contribution in [3.8, 4) is 11.1 Å². The molecule has 3 aromatic carbocycles. The van der Waals surface area contributed by atoms with Crippen LogP contribution in [0.5, 0.6) is 0 Å². The normalized spacial score (nSPS) is 17.4. The average Bonchev–Trinajstić information content (AvgIpc) is 3.08. The van der Waals surface area contributed by atoms with E-state index in [9.17, 15) is 0 Å². The van der Waals surface area contributed by atoms with Gasteiger partial charge in [-0.25, -0.2) is 0 Å². The Morgan fingerprint density at radius 3 is 2.23 bits per heavy atom. The lowest BCUT2D eigenvalue weighted by atomic mass is 9.77. The molecular weight excluding hydrogens is 380 g/mol. The van der Waals surface area contributed by atoms with Crippen LogP contribution in [0.1, 0.15) is 30.7 Å². The number of benzene rings is 3. The number of oxime groups is 1. The van der Waals surface area contributed by atoms with Crippen molar-refractivity contribution in [2.24, 2.45) is 10.6 Å². The van der Waals surface area contributed by atoms with Gasteiger partial charge in [0, 0.05) is 23.1 Å². The van der Waals surface area contributed by atoms with Gasteiger partial charge in [0.05, 0.1) is 16.6 Å². The molecular formula is C28H26N2O. The first-order valence-corrected chi connectivity index (χ1v) is 10.8. The summed E-state index contributed by atoms with van der Waals surface area (Å²) in [5.41, 5.74) is 7.63. The first-order chi connectivity index (χ1) is 15.0. The molecule has 0 aliphatic carbocycles. The number of para-hydroxylation sites is 1. The largest absolute Gasteiger partial charge is 0.391 e. The van der Waals surface area contributed by atoms with Gasteiger partial charge in [0.1, 0.15) is 6.10 Å². The van der Waals surface area contributed by atoms with Gasteiger partial charge in [-0.2, -0.15) is 0 Å². The molecule has 5 rings (SSSR count). The third-order valence-corrected chi connectivity index (χ3v) is 6.32. The Morgan fingerprint density at radius 1 is 0.806 bits per heavy atom. The van der Waals surface area contributed by atoms with Crippen LogP contribution in [0.2, 0.25) is 0 Å². The van der Waals surface area contributed by atoms with Crippen LogP contribution in [0.25, 0.3) is 22.0 Å². The van der Waals surface area contributed by atoms with Crippen LogP contribution in [-0.2, 0) is 11.3 Å². The molecule has 31 heavy (non-hydrogen) atoms. The molecule has 0 saturated carbocycles. The summed E-state index contributed by atoms with van der Waals surface area (Å²) in [4.78, 5) is 10.8. The molecule has 3 heteroatoms. The van der Waals surface area contributed by atoms with Gasteiger partial charge in [0.15, 0.2) is 0 Å². The molecule has 0 radical (unpaired) electrons. The fourth-order valence-corrected chi connectivity index (χ4v) is 4.40. The number of fused-ring (bicyclic) bond motifs is 1. The van der Waals surface area contributed by atoms with Crippen molar-refractivity contribution in [3.63, 3.8) is 0 Å². The van der Waals surface area contributed by atoms with Crippen molar-refractivity contribution in [2.75, 3.05) is 0 Å². The van der Waals surface area contributed by atoms with E-state index >= 15 is 0 Å². The Kier molecular flexibility index (Phi) is 4.82. The Labute approximate surface area is 183 Å². The second-order valence-corrected chi connectivity index (χ2v) is 8.85. The molecule has 0 N–H and O–H groups in total. The summed E-state index contributed by atoms with van der Waals surface area (Å²) in [6.07, 6.45) is 0.678. The summed E-state index contributed by atoms with van der Waals surface area (Å²) in [5, 5.41) is 5.71.